The number of likely N-dealkylation sites (tertiary alicyclic amines) is 1. The molecule has 270 valence electrons. The molecule has 3 aliphatic heterocycles. The van der Waals surface area contributed by atoms with Crippen molar-refractivity contribution in [1.29, 1.82) is 0 Å². The van der Waals surface area contributed by atoms with Crippen molar-refractivity contribution < 1.29 is 48.9 Å². The zero-order chi connectivity index (χ0) is 37.0. The lowest BCUT2D eigenvalue weighted by Crippen LogP contribution is -2.71. The van der Waals surface area contributed by atoms with Crippen LogP contribution in [0.3, 0.4) is 0 Å². The molecule has 19 heteroatoms. The number of nitrogens with zero attached hydrogens (tertiary/aromatic N) is 4. The summed E-state index contributed by atoms with van der Waals surface area (Å²) in [6.07, 6.45) is 3.26. The molecule has 3 aliphatic rings. The van der Waals surface area contributed by atoms with Gasteiger partial charge in [0.2, 0.25) is 5.60 Å². The largest absolute Gasteiger partial charge is 0.504 e. The summed E-state index contributed by atoms with van der Waals surface area (Å²) in [4.78, 5) is 78.4. The lowest BCUT2D eigenvalue weighted by Gasteiger charge is -2.51. The zero-order valence-electron chi connectivity index (χ0n) is 27.7. The topological polar surface area (TPSA) is 258 Å². The Bertz CT molecular complexity index is 2080. The summed E-state index contributed by atoms with van der Waals surface area (Å²) in [5, 5.41) is 46.7. The first-order valence-corrected chi connectivity index (χ1v) is 17.7. The van der Waals surface area contributed by atoms with Gasteiger partial charge in [-0.3, -0.25) is 19.3 Å². The number of aliphatic carboxylic acids is 2. The van der Waals surface area contributed by atoms with E-state index in [1.165, 1.54) is 48.0 Å². The van der Waals surface area contributed by atoms with Crippen LogP contribution in [0, 0.1) is 0 Å². The molecule has 6 rings (SSSR count). The second kappa shape index (κ2) is 13.2. The van der Waals surface area contributed by atoms with Gasteiger partial charge in [-0.1, -0.05) is 5.16 Å². The third-order valence-electron chi connectivity index (χ3n) is 9.35. The summed E-state index contributed by atoms with van der Waals surface area (Å²) in [5.41, 5.74) is 4.34. The number of carboxylic acid groups (broad SMARTS) is 2. The first-order chi connectivity index (χ1) is 24.0. The number of phenols is 2. The number of aromatic nitrogens is 2. The molecule has 0 saturated carbocycles. The van der Waals surface area contributed by atoms with Crippen LogP contribution in [0.15, 0.2) is 44.9 Å². The number of phenolic OH excluding ortho intramolecular Hbond substituents is 2. The summed E-state index contributed by atoms with van der Waals surface area (Å²) in [7, 11) is 0. The van der Waals surface area contributed by atoms with E-state index in [0.717, 1.165) is 24.2 Å². The Kier molecular flexibility index (Phi) is 9.23. The lowest BCUT2D eigenvalue weighted by molar-refractivity contribution is -0.925. The van der Waals surface area contributed by atoms with Gasteiger partial charge in [-0.2, -0.15) is 0 Å². The molecule has 0 aliphatic carbocycles. The highest BCUT2D eigenvalue weighted by Gasteiger charge is 2.57. The molecule has 2 fully saturated rings. The number of thiazole rings is 1. The standard InChI is InChI=1S/C32H35N7O10S2/c1-14-17(12-39(6-4-5-7-39)11-15-10-34-18-9-21(41)20(40)8-16(18)25(15)42)24(29(45)46)38-27(44)23(28(38)51-14)36-26(43)22(19-13-50-31(33)35-19)37-49-32(2,3)30(47)48/h8-10,13-14,23,28H,4-7,11-12H2,1-3H3,(H7-,33,34,35,36,37,40,41,42,43,45,46,47,48)/p+1. The van der Waals surface area contributed by atoms with Gasteiger partial charge in [0.1, 0.15) is 35.9 Å². The molecule has 2 amide bonds. The van der Waals surface area contributed by atoms with Crippen LogP contribution in [0.5, 0.6) is 11.5 Å². The fourth-order valence-electron chi connectivity index (χ4n) is 6.57. The highest BCUT2D eigenvalue weighted by Crippen LogP contribution is 2.45. The van der Waals surface area contributed by atoms with Gasteiger partial charge in [0, 0.05) is 46.7 Å². The van der Waals surface area contributed by atoms with E-state index < -0.39 is 57.5 Å². The van der Waals surface area contributed by atoms with E-state index in [1.54, 1.807) is 6.20 Å². The number of pyridine rings is 1. The maximum atomic E-state index is 13.6. The number of aromatic hydroxyl groups is 2. The number of nitrogens with two attached hydrogens (primary N) is 1. The molecule has 2 saturated heterocycles. The fraction of sp³-hybridized carbons (Fsp3) is 0.406. The fourth-order valence-corrected chi connectivity index (χ4v) is 8.56. The molecule has 3 unspecified atom stereocenters. The molecule has 17 nitrogen and oxygen atoms in total. The average Bonchev–Trinajstić information content (AvgIpc) is 3.71. The van der Waals surface area contributed by atoms with Gasteiger partial charge in [-0.25, -0.2) is 14.6 Å². The number of H-pyrrole nitrogens is 1. The van der Waals surface area contributed by atoms with Crippen LogP contribution in [-0.2, 0) is 30.6 Å². The van der Waals surface area contributed by atoms with Crippen LogP contribution in [0.25, 0.3) is 10.9 Å². The molecule has 5 heterocycles. The van der Waals surface area contributed by atoms with Crippen molar-refractivity contribution in [1.82, 2.24) is 20.2 Å². The molecule has 1 aromatic carbocycles. The Labute approximate surface area is 298 Å². The number of quaternary nitrogens is 1. The van der Waals surface area contributed by atoms with Crippen molar-refractivity contribution in [2.75, 3.05) is 25.4 Å². The Morgan fingerprint density at radius 1 is 1.16 bits per heavy atom. The van der Waals surface area contributed by atoms with E-state index in [2.05, 4.69) is 20.4 Å². The smallest absolute Gasteiger partial charge is 0.352 e. The van der Waals surface area contributed by atoms with Gasteiger partial charge in [-0.15, -0.1) is 23.1 Å². The van der Waals surface area contributed by atoms with Crippen LogP contribution in [0.2, 0.25) is 0 Å². The normalized spacial score (nSPS) is 21.7. The summed E-state index contributed by atoms with van der Waals surface area (Å²) in [5.74, 6) is -4.98. The number of benzene rings is 1. The number of carbonyl (C=O) groups excluding carboxylic acids is 2. The third-order valence-corrected chi connectivity index (χ3v) is 11.5. The Morgan fingerprint density at radius 2 is 1.84 bits per heavy atom. The minimum absolute atomic E-state index is 0.00211. The molecule has 2 aromatic heterocycles. The van der Waals surface area contributed by atoms with E-state index in [9.17, 15) is 44.4 Å². The number of aromatic amines is 1. The minimum Gasteiger partial charge on any atom is -0.504 e. The van der Waals surface area contributed by atoms with Crippen molar-refractivity contribution in [2.45, 2.75) is 62.4 Å². The Morgan fingerprint density at radius 3 is 2.47 bits per heavy atom. The number of rotatable bonds is 11. The highest BCUT2D eigenvalue weighted by molar-refractivity contribution is 8.00. The quantitative estimate of drug-likeness (QED) is 0.0484. The van der Waals surface area contributed by atoms with Crippen molar-refractivity contribution in [3.05, 3.63) is 56.5 Å². The van der Waals surface area contributed by atoms with Crippen molar-refractivity contribution >= 4 is 68.6 Å². The number of carbonyl (C=O) groups is 4. The third kappa shape index (κ3) is 6.59. The van der Waals surface area contributed by atoms with Crippen molar-refractivity contribution in [3.63, 3.8) is 0 Å². The Hall–Kier alpha value is -5.14. The molecule has 0 bridgehead atoms. The first kappa shape index (κ1) is 35.7. The molecule has 8 N–H and O–H groups in total. The second-order valence-electron chi connectivity index (χ2n) is 13.3. The predicted octanol–water partition coefficient (Wildman–Crippen LogP) is 1.50. The monoisotopic (exact) mass is 742 g/mol. The van der Waals surface area contributed by atoms with Crippen LogP contribution in [0.4, 0.5) is 5.13 Å². The zero-order valence-corrected chi connectivity index (χ0v) is 29.3. The van der Waals surface area contributed by atoms with Gasteiger partial charge < -0.3 is 45.8 Å². The van der Waals surface area contributed by atoms with E-state index in [4.69, 9.17) is 10.6 Å². The number of thioether (sulfide) groups is 1. The molecule has 0 spiro atoms. The summed E-state index contributed by atoms with van der Waals surface area (Å²) in [6.45, 7) is 6.14. The number of nitrogens with one attached hydrogen (secondary N) is 2. The molecular formula is C32H36N7O10S2+. The first-order valence-electron chi connectivity index (χ1n) is 15.9. The van der Waals surface area contributed by atoms with Crippen molar-refractivity contribution in [3.8, 4) is 11.5 Å². The SMILES string of the molecule is CC1SC2C(NC(=O)C(=NOC(C)(C)C(=O)O)c3csc(N)n3)C(=O)N2C(C(=O)O)=C1C[N+]1(Cc2c[nH]c3cc(O)c(O)cc3c2=O)CCCC1. The predicted molar refractivity (Wildman–Crippen MR) is 186 cm³/mol. The van der Waals surface area contributed by atoms with Gasteiger partial charge in [0.15, 0.2) is 27.8 Å². The number of β-lactam (4-membered cyclic amide) rings is 1. The maximum Gasteiger partial charge on any atom is 0.352 e. The molecule has 3 atom stereocenters. The van der Waals surface area contributed by atoms with E-state index in [1.807, 2.05) is 6.92 Å². The molecular weight excluding hydrogens is 707 g/mol. The number of fused-ring (bicyclic) bond motifs is 2. The van der Waals surface area contributed by atoms with Crippen molar-refractivity contribution in [2.24, 2.45) is 5.16 Å². The number of oxime groups is 1. The van der Waals surface area contributed by atoms with Gasteiger partial charge >= 0.3 is 11.9 Å². The summed E-state index contributed by atoms with van der Waals surface area (Å²) >= 11 is 2.32. The van der Waals surface area contributed by atoms with E-state index in [-0.39, 0.29) is 46.2 Å². The summed E-state index contributed by atoms with van der Waals surface area (Å²) in [6, 6.07) is 1.34. The number of hydrogen-bond acceptors (Lipinski definition) is 13. The van der Waals surface area contributed by atoms with Crippen LogP contribution in [-0.4, -0.2) is 111 Å². The molecule has 0 radical (unpaired) electrons. The number of hydrogen-bond donors (Lipinski definition) is 7. The number of amides is 2. The number of anilines is 1. The average molecular weight is 743 g/mol. The lowest BCUT2D eigenvalue weighted by atomic mass is 9.99. The van der Waals surface area contributed by atoms with Gasteiger partial charge in [-0.05, 0) is 26.8 Å². The summed E-state index contributed by atoms with van der Waals surface area (Å²) < 4.78 is 0.367. The van der Waals surface area contributed by atoms with Crippen LogP contribution < -0.4 is 16.5 Å². The van der Waals surface area contributed by atoms with Crippen LogP contribution in [0.1, 0.15) is 44.9 Å². The maximum absolute atomic E-state index is 13.6. The molecule has 51 heavy (non-hydrogen) atoms. The van der Waals surface area contributed by atoms with Gasteiger partial charge in [0.05, 0.1) is 24.2 Å². The molecule has 3 aromatic rings. The minimum atomic E-state index is -1.80. The second-order valence-corrected chi connectivity index (χ2v) is 15.6. The number of nitrogen functional groups attached to an aromatic ring is 1. The van der Waals surface area contributed by atoms with E-state index in [0.29, 0.717) is 34.2 Å². The highest BCUT2D eigenvalue weighted by atomic mass is 32.2. The Balaban J connectivity index is 1.27. The van der Waals surface area contributed by atoms with Gasteiger partial charge in [0.25, 0.3) is 11.8 Å². The van der Waals surface area contributed by atoms with Crippen LogP contribution >= 0.6 is 23.1 Å². The number of carboxylic acids is 2. The van der Waals surface area contributed by atoms with E-state index >= 15 is 0 Å².